The summed E-state index contributed by atoms with van der Waals surface area (Å²) >= 11 is 1.51. The van der Waals surface area contributed by atoms with E-state index in [1.165, 1.54) is 11.3 Å². The van der Waals surface area contributed by atoms with Crippen LogP contribution in [-0.2, 0) is 5.60 Å². The quantitative estimate of drug-likeness (QED) is 0.800. The maximum Gasteiger partial charge on any atom is 0.123 e. The normalized spacial score (nSPS) is 13.9. The van der Waals surface area contributed by atoms with Crippen LogP contribution in [0.2, 0.25) is 0 Å². The fourth-order valence-corrected chi connectivity index (χ4v) is 3.02. The molecule has 0 amide bonds. The van der Waals surface area contributed by atoms with Crippen molar-refractivity contribution in [2.75, 3.05) is 0 Å². The van der Waals surface area contributed by atoms with Crippen molar-refractivity contribution in [2.24, 2.45) is 0 Å². The minimum atomic E-state index is -1.05. The third-order valence-electron chi connectivity index (χ3n) is 3.25. The minimum Gasteiger partial charge on any atom is -0.380 e. The van der Waals surface area contributed by atoms with Crippen LogP contribution in [0.5, 0.6) is 0 Å². The van der Waals surface area contributed by atoms with E-state index in [4.69, 9.17) is 0 Å². The first-order valence-corrected chi connectivity index (χ1v) is 7.14. The molecule has 0 bridgehead atoms. The number of pyridine rings is 1. The van der Waals surface area contributed by atoms with Crippen LogP contribution < -0.4 is 0 Å². The van der Waals surface area contributed by atoms with Crippen LogP contribution in [0.25, 0.3) is 10.6 Å². The molecule has 0 fully saturated rings. The van der Waals surface area contributed by atoms with E-state index in [0.717, 1.165) is 21.0 Å². The van der Waals surface area contributed by atoms with Crippen LogP contribution in [0.15, 0.2) is 61.1 Å². The molecule has 0 radical (unpaired) electrons. The van der Waals surface area contributed by atoms with Crippen molar-refractivity contribution < 1.29 is 5.11 Å². The largest absolute Gasteiger partial charge is 0.380 e. The molecule has 2 heterocycles. The van der Waals surface area contributed by atoms with Crippen LogP contribution in [0.4, 0.5) is 0 Å². The lowest BCUT2D eigenvalue weighted by atomic mass is 9.96. The summed E-state index contributed by atoms with van der Waals surface area (Å²) in [6.07, 6.45) is 5.11. The van der Waals surface area contributed by atoms with E-state index in [0.29, 0.717) is 0 Å². The first-order chi connectivity index (χ1) is 9.68. The topological polar surface area (TPSA) is 46.0 Å². The van der Waals surface area contributed by atoms with Crippen molar-refractivity contribution in [3.05, 3.63) is 71.5 Å². The summed E-state index contributed by atoms with van der Waals surface area (Å²) in [5, 5.41) is 11.7. The Morgan fingerprint density at radius 2 is 1.75 bits per heavy atom. The first-order valence-electron chi connectivity index (χ1n) is 6.32. The van der Waals surface area contributed by atoms with Crippen molar-refractivity contribution in [3.63, 3.8) is 0 Å². The smallest absolute Gasteiger partial charge is 0.123 e. The van der Waals surface area contributed by atoms with Gasteiger partial charge in [0.1, 0.15) is 10.6 Å². The molecule has 0 aliphatic heterocycles. The maximum absolute atomic E-state index is 10.8. The molecule has 4 heteroatoms. The van der Waals surface area contributed by atoms with Crippen molar-refractivity contribution in [2.45, 2.75) is 12.5 Å². The Morgan fingerprint density at radius 1 is 1.05 bits per heavy atom. The molecular formula is C16H14N2OS. The van der Waals surface area contributed by atoms with E-state index in [9.17, 15) is 5.11 Å². The molecule has 0 spiro atoms. The lowest BCUT2D eigenvalue weighted by Gasteiger charge is -2.21. The standard InChI is InChI=1S/C16H14N2OS/c1-16(19,13-7-9-17-10-8-13)14-11-18-15(20-14)12-5-3-2-4-6-12/h2-11,19H,1H3. The van der Waals surface area contributed by atoms with Gasteiger partial charge in [-0.2, -0.15) is 0 Å². The van der Waals surface area contributed by atoms with Gasteiger partial charge in [-0.1, -0.05) is 30.3 Å². The van der Waals surface area contributed by atoms with Gasteiger partial charge in [-0.05, 0) is 24.6 Å². The highest BCUT2D eigenvalue weighted by atomic mass is 32.1. The predicted octanol–water partition coefficient (Wildman–Crippen LogP) is 3.46. The average molecular weight is 282 g/mol. The van der Waals surface area contributed by atoms with Crippen molar-refractivity contribution in [1.29, 1.82) is 0 Å². The second-order valence-corrected chi connectivity index (χ2v) is 5.73. The number of aromatic nitrogens is 2. The lowest BCUT2D eigenvalue weighted by Crippen LogP contribution is -2.21. The van der Waals surface area contributed by atoms with Gasteiger partial charge in [-0.15, -0.1) is 11.3 Å². The number of nitrogens with zero attached hydrogens (tertiary/aromatic N) is 2. The van der Waals surface area contributed by atoms with Gasteiger partial charge >= 0.3 is 0 Å². The Balaban J connectivity index is 1.98. The summed E-state index contributed by atoms with van der Waals surface area (Å²) < 4.78 is 0. The van der Waals surface area contributed by atoms with Crippen LogP contribution in [0, 0.1) is 0 Å². The number of hydrogen-bond acceptors (Lipinski definition) is 4. The molecule has 1 N–H and O–H groups in total. The van der Waals surface area contributed by atoms with E-state index in [2.05, 4.69) is 9.97 Å². The summed E-state index contributed by atoms with van der Waals surface area (Å²) in [4.78, 5) is 9.22. The molecule has 0 saturated heterocycles. The molecule has 20 heavy (non-hydrogen) atoms. The van der Waals surface area contributed by atoms with Crippen molar-refractivity contribution in [3.8, 4) is 10.6 Å². The molecule has 3 rings (SSSR count). The zero-order valence-corrected chi connectivity index (χ0v) is 11.8. The van der Waals surface area contributed by atoms with Gasteiger partial charge in [0.25, 0.3) is 0 Å². The van der Waals surface area contributed by atoms with E-state index in [1.54, 1.807) is 25.5 Å². The van der Waals surface area contributed by atoms with Crippen LogP contribution in [0.3, 0.4) is 0 Å². The third-order valence-corrected chi connectivity index (χ3v) is 4.51. The molecule has 1 atom stereocenters. The Hall–Kier alpha value is -2.04. The van der Waals surface area contributed by atoms with Gasteiger partial charge < -0.3 is 5.11 Å². The van der Waals surface area contributed by atoms with Crippen molar-refractivity contribution in [1.82, 2.24) is 9.97 Å². The van der Waals surface area contributed by atoms with Gasteiger partial charge in [0.2, 0.25) is 0 Å². The highest BCUT2D eigenvalue weighted by molar-refractivity contribution is 7.15. The van der Waals surface area contributed by atoms with Gasteiger partial charge in [-0.25, -0.2) is 4.98 Å². The number of aliphatic hydroxyl groups is 1. The summed E-state index contributed by atoms with van der Waals surface area (Å²) in [7, 11) is 0. The molecular weight excluding hydrogens is 268 g/mol. The average Bonchev–Trinajstić information content (AvgIpc) is 3.00. The fraction of sp³-hybridized carbons (Fsp3) is 0.125. The van der Waals surface area contributed by atoms with Gasteiger partial charge in [0, 0.05) is 24.2 Å². The van der Waals surface area contributed by atoms with E-state index >= 15 is 0 Å². The summed E-state index contributed by atoms with van der Waals surface area (Å²) in [6, 6.07) is 13.6. The zero-order valence-electron chi connectivity index (χ0n) is 11.0. The number of benzene rings is 1. The lowest BCUT2D eigenvalue weighted by molar-refractivity contribution is 0.106. The second kappa shape index (κ2) is 5.15. The summed E-state index contributed by atoms with van der Waals surface area (Å²) in [5.74, 6) is 0. The highest BCUT2D eigenvalue weighted by Gasteiger charge is 2.28. The van der Waals surface area contributed by atoms with Crippen LogP contribution >= 0.6 is 11.3 Å². The molecule has 1 aromatic carbocycles. The monoisotopic (exact) mass is 282 g/mol. The molecule has 100 valence electrons. The molecule has 0 saturated carbocycles. The molecule has 0 aliphatic rings. The van der Waals surface area contributed by atoms with Gasteiger partial charge in [-0.3, -0.25) is 4.98 Å². The first kappa shape index (κ1) is 13.0. The summed E-state index contributed by atoms with van der Waals surface area (Å²) in [5.41, 5.74) is 0.832. The Bertz CT molecular complexity index is 693. The van der Waals surface area contributed by atoms with Crippen LogP contribution in [0.1, 0.15) is 17.4 Å². The number of hydrogen-bond donors (Lipinski definition) is 1. The summed E-state index contributed by atoms with van der Waals surface area (Å²) in [6.45, 7) is 1.78. The number of rotatable bonds is 3. The third kappa shape index (κ3) is 2.35. The molecule has 3 aromatic rings. The number of thiazole rings is 1. The van der Waals surface area contributed by atoms with Gasteiger partial charge in [0.15, 0.2) is 0 Å². The van der Waals surface area contributed by atoms with Crippen LogP contribution in [-0.4, -0.2) is 15.1 Å². The Kier molecular flexibility index (Phi) is 3.34. The second-order valence-electron chi connectivity index (χ2n) is 4.70. The maximum atomic E-state index is 10.8. The van der Waals surface area contributed by atoms with Crippen molar-refractivity contribution >= 4 is 11.3 Å². The molecule has 1 unspecified atom stereocenters. The van der Waals surface area contributed by atoms with E-state index in [-0.39, 0.29) is 0 Å². The highest BCUT2D eigenvalue weighted by Crippen LogP contribution is 2.35. The predicted molar refractivity (Wildman–Crippen MR) is 80.5 cm³/mol. The molecule has 2 aromatic heterocycles. The van der Waals surface area contributed by atoms with Gasteiger partial charge in [0.05, 0.1) is 4.88 Å². The minimum absolute atomic E-state index is 0.816. The Morgan fingerprint density at radius 3 is 2.45 bits per heavy atom. The fourth-order valence-electron chi connectivity index (χ4n) is 2.03. The van der Waals surface area contributed by atoms with E-state index in [1.807, 2.05) is 42.5 Å². The Labute approximate surface area is 121 Å². The molecule has 0 aliphatic carbocycles. The zero-order chi connectivity index (χ0) is 14.0. The SMILES string of the molecule is CC(O)(c1ccncc1)c1cnc(-c2ccccc2)s1. The molecule has 3 nitrogen and oxygen atoms in total. The van der Waals surface area contributed by atoms with E-state index < -0.39 is 5.60 Å².